The van der Waals surface area contributed by atoms with Crippen LogP contribution in [0.4, 0.5) is 0 Å². The van der Waals surface area contributed by atoms with Gasteiger partial charge >= 0.3 is 0 Å². The third-order valence-corrected chi connectivity index (χ3v) is 5.37. The summed E-state index contributed by atoms with van der Waals surface area (Å²) in [5.41, 5.74) is 2.25. The average molecular weight is 400 g/mol. The summed E-state index contributed by atoms with van der Waals surface area (Å²) in [7, 11) is 0. The molecule has 0 bridgehead atoms. The van der Waals surface area contributed by atoms with Gasteiger partial charge in [0.15, 0.2) is 0 Å². The van der Waals surface area contributed by atoms with Crippen molar-refractivity contribution in [3.05, 3.63) is 62.7 Å². The van der Waals surface area contributed by atoms with E-state index in [-0.39, 0.29) is 5.38 Å². The van der Waals surface area contributed by atoms with E-state index >= 15 is 0 Å². The lowest BCUT2D eigenvalue weighted by Crippen LogP contribution is -1.97. The number of rotatable bonds is 3. The predicted octanol–water partition coefficient (Wildman–Crippen LogP) is 5.42. The number of fused-ring (bicyclic) bond motifs is 1. The molecule has 3 rings (SSSR count). The Labute approximate surface area is 134 Å². The summed E-state index contributed by atoms with van der Waals surface area (Å²) in [6.07, 6.45) is 0.779. The van der Waals surface area contributed by atoms with Crippen LogP contribution in [0, 0.1) is 3.57 Å². The van der Waals surface area contributed by atoms with E-state index < -0.39 is 0 Å². The minimum absolute atomic E-state index is 0.0198. The Balaban J connectivity index is 1.86. The summed E-state index contributed by atoms with van der Waals surface area (Å²) < 4.78 is 2.44. The van der Waals surface area contributed by atoms with Crippen LogP contribution in [-0.2, 0) is 6.42 Å². The highest BCUT2D eigenvalue weighted by Crippen LogP contribution is 2.31. The van der Waals surface area contributed by atoms with Crippen LogP contribution >= 0.6 is 45.5 Å². The molecule has 0 radical (unpaired) electrons. The van der Waals surface area contributed by atoms with Gasteiger partial charge in [-0.15, -0.1) is 22.9 Å². The fourth-order valence-electron chi connectivity index (χ4n) is 2.00. The molecule has 3 aromatic rings. The molecule has 0 amide bonds. The molecule has 1 nitrogen and oxygen atoms in total. The van der Waals surface area contributed by atoms with Crippen molar-refractivity contribution < 1.29 is 0 Å². The van der Waals surface area contributed by atoms with Gasteiger partial charge in [-0.2, -0.15) is 0 Å². The minimum Gasteiger partial charge on any atom is -0.241 e. The molecule has 0 spiro atoms. The fourth-order valence-corrected chi connectivity index (χ4v) is 4.39. The van der Waals surface area contributed by atoms with E-state index in [2.05, 4.69) is 45.8 Å². The maximum Gasteiger partial charge on any atom is 0.0956 e. The molecule has 0 saturated carbocycles. The van der Waals surface area contributed by atoms with E-state index in [0.717, 1.165) is 16.9 Å². The van der Waals surface area contributed by atoms with Gasteiger partial charge in [-0.1, -0.05) is 30.3 Å². The molecule has 4 heteroatoms. The monoisotopic (exact) mass is 399 g/mol. The van der Waals surface area contributed by atoms with Crippen LogP contribution in [0.25, 0.3) is 10.2 Å². The van der Waals surface area contributed by atoms with E-state index in [1.165, 1.54) is 13.8 Å². The van der Waals surface area contributed by atoms with Crippen molar-refractivity contribution in [2.45, 2.75) is 11.8 Å². The summed E-state index contributed by atoms with van der Waals surface area (Å²) in [6.45, 7) is 0. The summed E-state index contributed by atoms with van der Waals surface area (Å²) >= 11 is 10.6. The lowest BCUT2D eigenvalue weighted by molar-refractivity contribution is 0.905. The maximum atomic E-state index is 6.54. The molecule has 0 saturated heterocycles. The number of hydrogen-bond acceptors (Lipinski definition) is 2. The first-order valence-corrected chi connectivity index (χ1v) is 8.30. The minimum atomic E-state index is -0.0198. The van der Waals surface area contributed by atoms with Crippen molar-refractivity contribution in [1.82, 2.24) is 4.98 Å². The highest BCUT2D eigenvalue weighted by atomic mass is 127. The third-order valence-electron chi connectivity index (χ3n) is 2.93. The standard InChI is InChI=1S/C15H11ClINS/c16-11(10-5-1-2-6-12(10)17)9-15-18-13-7-3-4-8-14(13)19-15/h1-8,11H,9H2. The maximum absolute atomic E-state index is 6.54. The van der Waals surface area contributed by atoms with E-state index in [4.69, 9.17) is 11.6 Å². The van der Waals surface area contributed by atoms with Gasteiger partial charge < -0.3 is 0 Å². The Hall–Kier alpha value is -0.650. The number of thiazole rings is 1. The van der Waals surface area contributed by atoms with Crippen molar-refractivity contribution in [2.24, 2.45) is 0 Å². The van der Waals surface area contributed by atoms with Crippen molar-refractivity contribution in [1.29, 1.82) is 0 Å². The fraction of sp³-hybridized carbons (Fsp3) is 0.133. The van der Waals surface area contributed by atoms with Crippen LogP contribution < -0.4 is 0 Å². The second kappa shape index (κ2) is 5.77. The van der Waals surface area contributed by atoms with Crippen molar-refractivity contribution >= 4 is 55.7 Å². The van der Waals surface area contributed by atoms with Crippen molar-refractivity contribution in [3.8, 4) is 0 Å². The smallest absolute Gasteiger partial charge is 0.0956 e. The van der Waals surface area contributed by atoms with Gasteiger partial charge in [-0.3, -0.25) is 0 Å². The molecule has 0 fully saturated rings. The number of alkyl halides is 1. The number of para-hydroxylation sites is 1. The van der Waals surface area contributed by atoms with Gasteiger partial charge in [0.2, 0.25) is 0 Å². The lowest BCUT2D eigenvalue weighted by atomic mass is 10.1. The summed E-state index contributed by atoms with van der Waals surface area (Å²) in [5, 5.41) is 1.08. The molecular weight excluding hydrogens is 389 g/mol. The number of benzene rings is 2. The summed E-state index contributed by atoms with van der Waals surface area (Å²) in [6, 6.07) is 16.5. The molecule has 1 unspecified atom stereocenters. The molecule has 0 N–H and O–H groups in total. The second-order valence-electron chi connectivity index (χ2n) is 4.27. The molecule has 2 aromatic carbocycles. The van der Waals surface area contributed by atoms with Crippen LogP contribution in [0.3, 0.4) is 0 Å². The predicted molar refractivity (Wildman–Crippen MR) is 91.1 cm³/mol. The van der Waals surface area contributed by atoms with Gasteiger partial charge in [0.25, 0.3) is 0 Å². The molecule has 1 aromatic heterocycles. The zero-order valence-electron chi connectivity index (χ0n) is 10.0. The Morgan fingerprint density at radius 2 is 1.84 bits per heavy atom. The first-order valence-electron chi connectivity index (χ1n) is 5.97. The topological polar surface area (TPSA) is 12.9 Å². The van der Waals surface area contributed by atoms with Gasteiger partial charge in [0, 0.05) is 9.99 Å². The number of hydrogen-bond donors (Lipinski definition) is 0. The molecule has 0 aliphatic heterocycles. The van der Waals surface area contributed by atoms with E-state index in [1.807, 2.05) is 30.3 Å². The van der Waals surface area contributed by atoms with Gasteiger partial charge in [-0.25, -0.2) is 4.98 Å². The number of aromatic nitrogens is 1. The first-order chi connectivity index (χ1) is 9.24. The van der Waals surface area contributed by atoms with E-state index in [9.17, 15) is 0 Å². The highest BCUT2D eigenvalue weighted by molar-refractivity contribution is 14.1. The largest absolute Gasteiger partial charge is 0.241 e. The second-order valence-corrected chi connectivity index (χ2v) is 7.07. The van der Waals surface area contributed by atoms with Crippen LogP contribution in [-0.4, -0.2) is 4.98 Å². The molecule has 1 heterocycles. The molecule has 19 heavy (non-hydrogen) atoms. The zero-order chi connectivity index (χ0) is 13.2. The highest BCUT2D eigenvalue weighted by Gasteiger charge is 2.14. The van der Waals surface area contributed by atoms with E-state index in [0.29, 0.717) is 0 Å². The first kappa shape index (κ1) is 13.3. The Morgan fingerprint density at radius 1 is 1.11 bits per heavy atom. The van der Waals surface area contributed by atoms with Gasteiger partial charge in [0.1, 0.15) is 0 Å². The Kier molecular flexibility index (Phi) is 4.05. The number of halogens is 2. The Bertz CT molecular complexity index is 677. The Morgan fingerprint density at radius 3 is 2.63 bits per heavy atom. The molecular formula is C15H11ClINS. The van der Waals surface area contributed by atoms with Crippen molar-refractivity contribution in [3.63, 3.8) is 0 Å². The zero-order valence-corrected chi connectivity index (χ0v) is 13.7. The third kappa shape index (κ3) is 2.93. The van der Waals surface area contributed by atoms with Crippen LogP contribution in [0.1, 0.15) is 15.9 Å². The van der Waals surface area contributed by atoms with Crippen LogP contribution in [0.5, 0.6) is 0 Å². The molecule has 1 atom stereocenters. The quantitative estimate of drug-likeness (QED) is 0.423. The van der Waals surface area contributed by atoms with Gasteiger partial charge in [-0.05, 0) is 46.4 Å². The molecule has 96 valence electrons. The van der Waals surface area contributed by atoms with Gasteiger partial charge in [0.05, 0.1) is 20.6 Å². The van der Waals surface area contributed by atoms with E-state index in [1.54, 1.807) is 11.3 Å². The van der Waals surface area contributed by atoms with Crippen molar-refractivity contribution in [2.75, 3.05) is 0 Å². The SMILES string of the molecule is ClC(Cc1nc2ccccc2s1)c1ccccc1I. The summed E-state index contributed by atoms with van der Waals surface area (Å²) in [4.78, 5) is 4.64. The molecule has 0 aliphatic rings. The normalized spacial score (nSPS) is 12.7. The molecule has 0 aliphatic carbocycles. The average Bonchev–Trinajstić information content (AvgIpc) is 2.81. The van der Waals surface area contributed by atoms with Crippen LogP contribution in [0.2, 0.25) is 0 Å². The van der Waals surface area contributed by atoms with Crippen LogP contribution in [0.15, 0.2) is 48.5 Å². The summed E-state index contributed by atoms with van der Waals surface area (Å²) in [5.74, 6) is 0. The number of nitrogens with zero attached hydrogens (tertiary/aromatic N) is 1. The lowest BCUT2D eigenvalue weighted by Gasteiger charge is -2.09.